The van der Waals surface area contributed by atoms with Gasteiger partial charge in [-0.2, -0.15) is 5.26 Å². The minimum Gasteiger partial charge on any atom is -0.456 e. The van der Waals surface area contributed by atoms with E-state index < -0.39 is 17.5 Å². The van der Waals surface area contributed by atoms with Gasteiger partial charge in [0.1, 0.15) is 6.10 Å². The van der Waals surface area contributed by atoms with Gasteiger partial charge in [0.05, 0.1) is 12.0 Å². The van der Waals surface area contributed by atoms with Crippen LogP contribution in [-0.2, 0) is 9.53 Å². The number of nitriles is 1. The Bertz CT molecular complexity index is 304. The fraction of sp³-hybridized carbons (Fsp3) is 0.500. The van der Waals surface area contributed by atoms with Crippen molar-refractivity contribution in [3.05, 3.63) is 12.2 Å². The first-order chi connectivity index (χ1) is 5.66. The molecule has 0 aromatic heterocycles. The number of carbonyl (C=O) groups is 1. The zero-order valence-electron chi connectivity index (χ0n) is 6.23. The van der Waals surface area contributed by atoms with Gasteiger partial charge in [-0.1, -0.05) is 0 Å². The van der Waals surface area contributed by atoms with Gasteiger partial charge in [-0.25, -0.2) is 4.79 Å². The third kappa shape index (κ3) is 0.715. The van der Waals surface area contributed by atoms with Crippen LogP contribution in [0.5, 0.6) is 0 Å². The van der Waals surface area contributed by atoms with E-state index in [0.717, 1.165) is 0 Å². The molecule has 4 heteroatoms. The van der Waals surface area contributed by atoms with Crippen molar-refractivity contribution >= 4 is 5.97 Å². The van der Waals surface area contributed by atoms with Gasteiger partial charge >= 0.3 is 5.97 Å². The van der Waals surface area contributed by atoms with Crippen molar-refractivity contribution in [1.29, 1.82) is 5.26 Å². The van der Waals surface area contributed by atoms with Gasteiger partial charge in [-0.15, -0.1) is 0 Å². The summed E-state index contributed by atoms with van der Waals surface area (Å²) in [5, 5.41) is 18.3. The van der Waals surface area contributed by atoms with Crippen LogP contribution < -0.4 is 0 Å². The highest BCUT2D eigenvalue weighted by atomic mass is 16.6. The van der Waals surface area contributed by atoms with Crippen LogP contribution in [0.2, 0.25) is 0 Å². The van der Waals surface area contributed by atoms with Crippen LogP contribution in [0.3, 0.4) is 0 Å². The highest BCUT2D eigenvalue weighted by Gasteiger charge is 2.52. The van der Waals surface area contributed by atoms with Gasteiger partial charge in [0, 0.05) is 6.42 Å². The smallest absolute Gasteiger partial charge is 0.344 e. The summed E-state index contributed by atoms with van der Waals surface area (Å²) < 4.78 is 4.79. The third-order valence-corrected chi connectivity index (χ3v) is 2.31. The van der Waals surface area contributed by atoms with Crippen molar-refractivity contribution in [3.63, 3.8) is 0 Å². The van der Waals surface area contributed by atoms with E-state index in [1.165, 1.54) is 6.08 Å². The Labute approximate surface area is 69.1 Å². The van der Waals surface area contributed by atoms with E-state index in [9.17, 15) is 9.90 Å². The zero-order valence-corrected chi connectivity index (χ0v) is 6.23. The second kappa shape index (κ2) is 2.08. The van der Waals surface area contributed by atoms with Crippen molar-refractivity contribution < 1.29 is 14.6 Å². The third-order valence-electron chi connectivity index (χ3n) is 2.31. The number of aliphatic hydroxyl groups is 1. The normalized spacial score (nSPS) is 43.8. The summed E-state index contributed by atoms with van der Waals surface area (Å²) in [6, 6.07) is 1.90. The van der Waals surface area contributed by atoms with Crippen LogP contribution in [0.25, 0.3) is 0 Å². The van der Waals surface area contributed by atoms with Gasteiger partial charge in [0.2, 0.25) is 0 Å². The largest absolute Gasteiger partial charge is 0.456 e. The van der Waals surface area contributed by atoms with E-state index in [1.807, 2.05) is 6.07 Å². The molecule has 0 aromatic rings. The van der Waals surface area contributed by atoms with Crippen molar-refractivity contribution in [2.24, 2.45) is 5.92 Å². The molecule has 0 aromatic carbocycles. The molecule has 3 atom stereocenters. The minimum absolute atomic E-state index is 0.323. The molecular formula is C8H7NO3. The Kier molecular flexibility index (Phi) is 1.27. The van der Waals surface area contributed by atoms with Gasteiger partial charge in [0.15, 0.2) is 5.60 Å². The Morgan fingerprint density at radius 1 is 1.83 bits per heavy atom. The van der Waals surface area contributed by atoms with E-state index >= 15 is 0 Å². The predicted molar refractivity (Wildman–Crippen MR) is 37.7 cm³/mol. The van der Waals surface area contributed by atoms with E-state index in [2.05, 4.69) is 0 Å². The molecular weight excluding hydrogens is 158 g/mol. The molecule has 2 aliphatic heterocycles. The summed E-state index contributed by atoms with van der Waals surface area (Å²) >= 11 is 0. The Hall–Kier alpha value is -1.34. The monoisotopic (exact) mass is 165 g/mol. The fourth-order valence-electron chi connectivity index (χ4n) is 1.54. The van der Waals surface area contributed by atoms with Crippen LogP contribution in [-0.4, -0.2) is 22.8 Å². The number of hydrogen-bond acceptors (Lipinski definition) is 4. The lowest BCUT2D eigenvalue weighted by Crippen LogP contribution is -2.54. The molecule has 0 amide bonds. The van der Waals surface area contributed by atoms with Gasteiger partial charge in [-0.3, -0.25) is 0 Å². The topological polar surface area (TPSA) is 70.3 Å². The molecule has 0 spiro atoms. The SMILES string of the molecule is N#CC1CC2C=CC1(O)C(=O)O2. The average Bonchev–Trinajstić information content (AvgIpc) is 2.07. The summed E-state index contributed by atoms with van der Waals surface area (Å²) in [6.07, 6.45) is 3.06. The quantitative estimate of drug-likeness (QED) is 0.396. The molecule has 3 rings (SSSR count). The molecule has 4 nitrogen and oxygen atoms in total. The van der Waals surface area contributed by atoms with Crippen LogP contribution in [0, 0.1) is 17.2 Å². The van der Waals surface area contributed by atoms with Crippen molar-refractivity contribution in [2.75, 3.05) is 0 Å². The lowest BCUT2D eigenvalue weighted by atomic mass is 9.77. The second-order valence-electron chi connectivity index (χ2n) is 3.05. The number of carbonyl (C=O) groups excluding carboxylic acids is 1. The lowest BCUT2D eigenvalue weighted by Gasteiger charge is -2.39. The summed E-state index contributed by atoms with van der Waals surface area (Å²) in [4.78, 5) is 11.1. The average molecular weight is 165 g/mol. The second-order valence-corrected chi connectivity index (χ2v) is 3.05. The highest BCUT2D eigenvalue weighted by Crippen LogP contribution is 2.36. The fourth-order valence-corrected chi connectivity index (χ4v) is 1.54. The molecule has 0 saturated carbocycles. The number of rotatable bonds is 0. The summed E-state index contributed by atoms with van der Waals surface area (Å²) in [7, 11) is 0. The zero-order chi connectivity index (χ0) is 8.77. The Morgan fingerprint density at radius 3 is 3.08 bits per heavy atom. The van der Waals surface area contributed by atoms with Crippen molar-refractivity contribution in [3.8, 4) is 6.07 Å². The van der Waals surface area contributed by atoms with Crippen LogP contribution >= 0.6 is 0 Å². The summed E-state index contributed by atoms with van der Waals surface area (Å²) in [5.41, 5.74) is -1.69. The molecule has 2 heterocycles. The van der Waals surface area contributed by atoms with Crippen LogP contribution in [0.1, 0.15) is 6.42 Å². The molecule has 3 unspecified atom stereocenters. The maximum atomic E-state index is 11.1. The van der Waals surface area contributed by atoms with Gasteiger partial charge in [0.25, 0.3) is 0 Å². The Morgan fingerprint density at radius 2 is 2.58 bits per heavy atom. The number of hydrogen-bond donors (Lipinski definition) is 1. The van der Waals surface area contributed by atoms with Gasteiger partial charge < -0.3 is 9.84 Å². The molecule has 1 saturated heterocycles. The molecule has 3 aliphatic rings. The van der Waals surface area contributed by atoms with Crippen LogP contribution in [0.4, 0.5) is 0 Å². The van der Waals surface area contributed by atoms with E-state index in [4.69, 9.17) is 10.00 Å². The predicted octanol–water partition coefficient (Wildman–Crippen LogP) is -0.257. The van der Waals surface area contributed by atoms with Crippen LogP contribution in [0.15, 0.2) is 12.2 Å². The molecule has 1 fully saturated rings. The summed E-state index contributed by atoms with van der Waals surface area (Å²) in [6.45, 7) is 0. The molecule has 1 N–H and O–H groups in total. The molecule has 12 heavy (non-hydrogen) atoms. The number of ether oxygens (including phenoxy) is 1. The first-order valence-corrected chi connectivity index (χ1v) is 3.69. The number of fused-ring (bicyclic) bond motifs is 2. The maximum Gasteiger partial charge on any atom is 0.344 e. The summed E-state index contributed by atoms with van der Waals surface area (Å²) in [5.74, 6) is -1.36. The molecule has 0 radical (unpaired) electrons. The molecule has 62 valence electrons. The maximum absolute atomic E-state index is 11.1. The lowest BCUT2D eigenvalue weighted by molar-refractivity contribution is -0.180. The van der Waals surface area contributed by atoms with E-state index in [0.29, 0.717) is 6.42 Å². The first kappa shape index (κ1) is 7.32. The highest BCUT2D eigenvalue weighted by molar-refractivity contribution is 5.85. The number of esters is 1. The number of nitrogens with zero attached hydrogens (tertiary/aromatic N) is 1. The van der Waals surface area contributed by atoms with E-state index in [-0.39, 0.29) is 6.10 Å². The van der Waals surface area contributed by atoms with Crippen molar-refractivity contribution in [1.82, 2.24) is 0 Å². The van der Waals surface area contributed by atoms with E-state index in [1.54, 1.807) is 6.08 Å². The minimum atomic E-state index is -1.69. The molecule has 2 bridgehead atoms. The standard InChI is InChI=1S/C8H7NO3/c9-4-5-3-6-1-2-8(5,11)7(10)12-6/h1-2,5-6,11H,3H2. The molecule has 1 aliphatic carbocycles. The van der Waals surface area contributed by atoms with Gasteiger partial charge in [-0.05, 0) is 12.2 Å². The Balaban J connectivity index is 2.45. The first-order valence-electron chi connectivity index (χ1n) is 3.69. The van der Waals surface area contributed by atoms with Crippen molar-refractivity contribution in [2.45, 2.75) is 18.1 Å².